The maximum absolute atomic E-state index is 14.8. The largest absolute Gasteiger partial charge is 0.492 e. The first-order valence-electron chi connectivity index (χ1n) is 50.2. The van der Waals surface area contributed by atoms with Crippen molar-refractivity contribution < 1.29 is 22.8 Å². The summed E-state index contributed by atoms with van der Waals surface area (Å²) in [7, 11) is 0. The molecular formula is C105H148F2N20O3. The van der Waals surface area contributed by atoms with Crippen LogP contribution in [0.1, 0.15) is 369 Å². The van der Waals surface area contributed by atoms with Gasteiger partial charge in [0.15, 0.2) is 0 Å². The molecule has 0 saturated carbocycles. The second kappa shape index (κ2) is 45.0. The van der Waals surface area contributed by atoms with E-state index in [0.29, 0.717) is 22.9 Å². The van der Waals surface area contributed by atoms with Gasteiger partial charge >= 0.3 is 0 Å². The zero-order chi connectivity index (χ0) is 92.5. The molecule has 0 amide bonds. The molecule has 0 N–H and O–H groups in total. The number of ether oxygens (including phenoxy) is 1. The molecule has 700 valence electrons. The Hall–Kier alpha value is -9.94. The molecule has 8 aromatic carbocycles. The number of nitrogens with zero attached hydrogens (tertiary/aromatic N) is 20. The topological polar surface area (TPSA) is 259 Å². The van der Waals surface area contributed by atoms with Gasteiger partial charge in [-0.25, -0.2) is 18.0 Å². The fraction of sp³-hybridized carbons (Fsp3) is 0.619. The number of halogens is 2. The standard InChI is InChI=1S/C40H66N6.C28H42N6.C22H28N4O2.C15H12F2N4O/c1-7-11-15-19-21-25-29-45-41-37-31(5)33(27-23-17-13-9-3)36-35(39(37)43-45)34(28-24-18-14-10-4)32(6)38-40(36)44-46(42-38)30-26-22-20-16-12-8-2;1-5-7-9-11-13-15-17-33-29-25-21(3)19-24-23(27(25)31-33)20-22(4)26-28(24)32-34(30-26)18-16-14-12-10-8-6-2;1-7-8-9-10-11-27-21-14(4)18-20(26-28-25-18)15-12(2)13(3)17-19(16(15)21)24-22(5,6)23-17;1-5-9(16)8-7(13-11(5)18-15(3,4)19-13)10(17)6(2)12-14(8)21-22-20-12/h7-30H2,1-6H3;19-20H,5-18H2,1-4H3;7-11H2,1-6H3;1-4H3. The van der Waals surface area contributed by atoms with E-state index >= 15 is 0 Å². The SMILES string of the molecule is CCCCCCCCn1nc2c(C)c(CCCCCC)c3c4nn(CCCCCCCC)nc4c(C)c(CCCCCC)c3c2n1.CCCCCCCCn1nc2c(C)cc3c(cc(C)c4nn(CCCCCCCC)nc43)c2n1.CCCCCCOc1c(C)c2nonc2c2c(C)c(C)c3c(c12)=NC(C)(C)N=3.Cc1c(F)c2c(c(F)c(C)c3nonc32)c2c1=NC(C)(C)N=2. The van der Waals surface area contributed by atoms with E-state index in [1.54, 1.807) is 27.7 Å². The molecule has 0 radical (unpaired) electrons. The Kier molecular flexibility index (Phi) is 33.8. The molecule has 0 spiro atoms. The highest BCUT2D eigenvalue weighted by Gasteiger charge is 2.32. The molecule has 2 aliphatic heterocycles. The van der Waals surface area contributed by atoms with Crippen molar-refractivity contribution in [2.45, 2.75) is 420 Å². The molecule has 0 saturated heterocycles. The molecule has 16 rings (SSSR count). The van der Waals surface area contributed by atoms with Gasteiger partial charge in [-0.3, -0.25) is 20.0 Å². The van der Waals surface area contributed by atoms with Gasteiger partial charge in [0, 0.05) is 43.6 Å². The predicted octanol–water partition coefficient (Wildman–Crippen LogP) is 26.1. The first-order chi connectivity index (χ1) is 62.8. The van der Waals surface area contributed by atoms with Crippen molar-refractivity contribution in [3.05, 3.63) is 106 Å². The van der Waals surface area contributed by atoms with Gasteiger partial charge in [-0.05, 0) is 225 Å². The van der Waals surface area contributed by atoms with Crippen LogP contribution in [0, 0.1) is 73.9 Å². The Balaban J connectivity index is 0.000000153. The first kappa shape index (κ1) is 97.6. The summed E-state index contributed by atoms with van der Waals surface area (Å²) in [5, 5.41) is 66.0. The Bertz CT molecular complexity index is 6350. The zero-order valence-electron chi connectivity index (χ0n) is 82.5. The third-order valence-corrected chi connectivity index (χ3v) is 26.9. The van der Waals surface area contributed by atoms with E-state index in [1.807, 2.05) is 40.0 Å². The number of aromatic nitrogens is 16. The Morgan fingerprint density at radius 1 is 0.277 bits per heavy atom. The number of rotatable bonds is 44. The van der Waals surface area contributed by atoms with E-state index in [4.69, 9.17) is 60.1 Å². The maximum Gasteiger partial charge on any atom is 0.146 e. The van der Waals surface area contributed by atoms with Crippen LogP contribution in [0.4, 0.5) is 8.78 Å². The number of hydrogen-bond donors (Lipinski definition) is 0. The van der Waals surface area contributed by atoms with Crippen molar-refractivity contribution in [2.24, 2.45) is 20.0 Å². The van der Waals surface area contributed by atoms with Crippen molar-refractivity contribution in [3.63, 3.8) is 0 Å². The summed E-state index contributed by atoms with van der Waals surface area (Å²) < 4.78 is 45.8. The van der Waals surface area contributed by atoms with Crippen molar-refractivity contribution in [3.8, 4) is 5.75 Å². The molecule has 0 atom stereocenters. The van der Waals surface area contributed by atoms with Crippen LogP contribution >= 0.6 is 0 Å². The fourth-order valence-corrected chi connectivity index (χ4v) is 19.4. The number of aryl methyl sites for hydroxylation is 13. The number of fused-ring (bicyclic) bond motifs is 20. The van der Waals surface area contributed by atoms with Gasteiger partial charge in [-0.2, -0.15) is 60.0 Å². The molecule has 0 unspecified atom stereocenters. The van der Waals surface area contributed by atoms with Crippen LogP contribution in [-0.4, -0.2) is 98.5 Å². The lowest BCUT2D eigenvalue weighted by Gasteiger charge is -2.17. The first-order valence-corrected chi connectivity index (χ1v) is 50.2. The normalized spacial score (nSPS) is 13.3. The summed E-state index contributed by atoms with van der Waals surface area (Å²) in [6, 6.07) is 4.46. The van der Waals surface area contributed by atoms with Crippen LogP contribution in [0.25, 0.3) is 109 Å². The van der Waals surface area contributed by atoms with Crippen LogP contribution in [0.5, 0.6) is 5.75 Å². The molecule has 0 aliphatic carbocycles. The molecule has 8 heterocycles. The Labute approximate surface area is 767 Å². The molecule has 14 aromatic rings. The highest BCUT2D eigenvalue weighted by Crippen LogP contribution is 2.43. The van der Waals surface area contributed by atoms with E-state index in [2.05, 4.69) is 137 Å². The van der Waals surface area contributed by atoms with Crippen molar-refractivity contribution in [2.75, 3.05) is 6.61 Å². The smallest absolute Gasteiger partial charge is 0.146 e. The fourth-order valence-electron chi connectivity index (χ4n) is 19.4. The quantitative estimate of drug-likeness (QED) is 0.0322. The Morgan fingerprint density at radius 3 is 1.01 bits per heavy atom. The van der Waals surface area contributed by atoms with Crippen LogP contribution in [0.2, 0.25) is 0 Å². The molecule has 0 fully saturated rings. The monoisotopic (exact) mass is 1780 g/mol. The molecule has 25 heteroatoms. The second-order valence-corrected chi connectivity index (χ2v) is 38.3. The van der Waals surface area contributed by atoms with Crippen LogP contribution in [-0.2, 0) is 39.0 Å². The zero-order valence-corrected chi connectivity index (χ0v) is 82.5. The number of hydrogen-bond acceptors (Lipinski definition) is 19. The summed E-state index contributed by atoms with van der Waals surface area (Å²) in [5.41, 5.74) is 20.8. The lowest BCUT2D eigenvalue weighted by molar-refractivity contribution is 0.305. The number of benzene rings is 8. The third-order valence-electron chi connectivity index (χ3n) is 26.9. The molecule has 130 heavy (non-hydrogen) atoms. The van der Waals surface area contributed by atoms with Crippen LogP contribution < -0.4 is 26.2 Å². The van der Waals surface area contributed by atoms with Gasteiger partial charge in [0.05, 0.1) is 70.4 Å². The molecule has 6 aromatic heterocycles. The molecule has 2 aliphatic rings. The highest BCUT2D eigenvalue weighted by molar-refractivity contribution is 6.19. The summed E-state index contributed by atoms with van der Waals surface area (Å²) >= 11 is 0. The average Bonchev–Trinajstić information content (AvgIpc) is 1.53. The Morgan fingerprint density at radius 2 is 0.592 bits per heavy atom. The van der Waals surface area contributed by atoms with E-state index in [0.717, 1.165) is 192 Å². The summed E-state index contributed by atoms with van der Waals surface area (Å²) in [6.45, 7) is 46.0. The number of unbranched alkanes of at least 4 members (excludes halogenated alkanes) is 29. The van der Waals surface area contributed by atoms with E-state index < -0.39 is 23.0 Å². The predicted molar refractivity (Wildman–Crippen MR) is 525 cm³/mol. The van der Waals surface area contributed by atoms with Gasteiger partial charge < -0.3 is 4.74 Å². The van der Waals surface area contributed by atoms with Gasteiger partial charge in [0.25, 0.3) is 0 Å². The van der Waals surface area contributed by atoms with Crippen molar-refractivity contribution in [1.82, 2.24) is 80.6 Å². The minimum atomic E-state index is -0.745. The maximum atomic E-state index is 14.8. The average molecular weight is 1780 g/mol. The van der Waals surface area contributed by atoms with Crippen LogP contribution in [0.15, 0.2) is 41.4 Å². The molecule has 0 bridgehead atoms. The van der Waals surface area contributed by atoms with Crippen molar-refractivity contribution in [1.29, 1.82) is 0 Å². The minimum Gasteiger partial charge on any atom is -0.492 e. The molecule has 23 nitrogen and oxygen atoms in total. The van der Waals surface area contributed by atoms with Gasteiger partial charge in [-0.15, -0.1) is 0 Å². The van der Waals surface area contributed by atoms with Gasteiger partial charge in [0.2, 0.25) is 0 Å². The van der Waals surface area contributed by atoms with E-state index in [-0.39, 0.29) is 27.4 Å². The minimum absolute atomic E-state index is 0.0484. The van der Waals surface area contributed by atoms with Gasteiger partial charge in [0.1, 0.15) is 94.9 Å². The summed E-state index contributed by atoms with van der Waals surface area (Å²) in [6.07, 6.45) is 47.5. The van der Waals surface area contributed by atoms with Crippen molar-refractivity contribution >= 4 is 109 Å². The van der Waals surface area contributed by atoms with E-state index in [9.17, 15) is 8.78 Å². The van der Waals surface area contributed by atoms with E-state index in [1.165, 1.54) is 232 Å². The summed E-state index contributed by atoms with van der Waals surface area (Å²) in [5.74, 6) is -0.291. The lowest BCUT2D eigenvalue weighted by atomic mass is 9.87. The highest BCUT2D eigenvalue weighted by atomic mass is 19.1. The third kappa shape index (κ3) is 21.7. The molecular weight excluding hydrogens is 1630 g/mol. The van der Waals surface area contributed by atoms with Crippen LogP contribution in [0.3, 0.4) is 0 Å². The summed E-state index contributed by atoms with van der Waals surface area (Å²) in [4.78, 5) is 26.5. The lowest BCUT2D eigenvalue weighted by Crippen LogP contribution is -2.28. The second-order valence-electron chi connectivity index (χ2n) is 38.3. The van der Waals surface area contributed by atoms with Gasteiger partial charge in [-0.1, -0.05) is 235 Å².